The predicted molar refractivity (Wildman–Crippen MR) is 179 cm³/mol. The van der Waals surface area contributed by atoms with E-state index in [2.05, 4.69) is 33.9 Å². The molecule has 46 heavy (non-hydrogen) atoms. The monoisotopic (exact) mass is 648 g/mol. The molecule has 0 spiro atoms. The second-order valence-corrected chi connectivity index (χ2v) is 17.5. The summed E-state index contributed by atoms with van der Waals surface area (Å²) in [4.78, 5) is 13.5. The van der Waals surface area contributed by atoms with Crippen molar-refractivity contribution in [1.29, 1.82) is 0 Å². The SMILES string of the molecule is CO[C@@H]1O[C@@H](C(=O)OC/C=C(\COCc2ccccc2)O[Si](C)(C)C(C)(C)C)[C@H](OCc2ccccc2)[C@H]1OCc1ccccc1. The minimum Gasteiger partial charge on any atom is -0.545 e. The fourth-order valence-electron chi connectivity index (χ4n) is 4.65. The summed E-state index contributed by atoms with van der Waals surface area (Å²) in [6.45, 7) is 12.1. The molecule has 9 heteroatoms. The van der Waals surface area contributed by atoms with Gasteiger partial charge in [0.1, 0.15) is 31.2 Å². The number of benzene rings is 3. The maximum Gasteiger partial charge on any atom is 0.338 e. The molecule has 0 unspecified atom stereocenters. The van der Waals surface area contributed by atoms with E-state index in [0.717, 1.165) is 16.7 Å². The first-order valence-electron chi connectivity index (χ1n) is 15.7. The van der Waals surface area contributed by atoms with Crippen molar-refractivity contribution in [2.24, 2.45) is 0 Å². The van der Waals surface area contributed by atoms with Gasteiger partial charge < -0.3 is 32.8 Å². The normalized spacial score (nSPS) is 20.4. The van der Waals surface area contributed by atoms with E-state index >= 15 is 0 Å². The van der Waals surface area contributed by atoms with Gasteiger partial charge in [-0.05, 0) is 40.9 Å². The minimum absolute atomic E-state index is 0.0179. The van der Waals surface area contributed by atoms with Gasteiger partial charge in [-0.15, -0.1) is 0 Å². The Morgan fingerprint density at radius 3 is 1.78 bits per heavy atom. The van der Waals surface area contributed by atoms with Crippen LogP contribution < -0.4 is 0 Å². The Balaban J connectivity index is 1.45. The standard InChI is InChI=1S/C37H48O8Si/c1-37(2,3)46(5,6)45-31(27-40-24-28-16-10-7-11-17-28)22-23-41-35(38)33-32(42-25-29-18-12-8-13-19-29)34(36(39-4)44-33)43-26-30-20-14-9-15-21-30/h7-22,32-34,36H,23-27H2,1-6H3/b31-22+/t32-,33+,34+,36+/m0/s1. The van der Waals surface area contributed by atoms with Gasteiger partial charge >= 0.3 is 5.97 Å². The van der Waals surface area contributed by atoms with Crippen LogP contribution in [-0.4, -0.2) is 59.2 Å². The van der Waals surface area contributed by atoms with E-state index in [4.69, 9.17) is 32.8 Å². The second-order valence-electron chi connectivity index (χ2n) is 12.8. The molecule has 0 saturated carbocycles. The van der Waals surface area contributed by atoms with E-state index in [1.54, 1.807) is 6.08 Å². The summed E-state index contributed by atoms with van der Waals surface area (Å²) in [6.07, 6.45) is -1.52. The number of rotatable bonds is 16. The molecule has 0 radical (unpaired) electrons. The Kier molecular flexibility index (Phi) is 13.1. The number of hydrogen-bond donors (Lipinski definition) is 0. The van der Waals surface area contributed by atoms with E-state index < -0.39 is 38.9 Å². The molecule has 1 aliphatic heterocycles. The number of hydrogen-bond acceptors (Lipinski definition) is 8. The summed E-state index contributed by atoms with van der Waals surface area (Å²) in [6, 6.07) is 29.5. The summed E-state index contributed by atoms with van der Waals surface area (Å²) in [5.74, 6) is 0.0671. The molecule has 0 amide bonds. The first-order chi connectivity index (χ1) is 22.1. The van der Waals surface area contributed by atoms with Gasteiger partial charge in [0.05, 0.1) is 19.8 Å². The van der Waals surface area contributed by atoms with Gasteiger partial charge in [-0.25, -0.2) is 4.79 Å². The van der Waals surface area contributed by atoms with Gasteiger partial charge in [0.15, 0.2) is 12.4 Å². The van der Waals surface area contributed by atoms with Crippen molar-refractivity contribution in [3.8, 4) is 0 Å². The smallest absolute Gasteiger partial charge is 0.338 e. The van der Waals surface area contributed by atoms with E-state index in [0.29, 0.717) is 19.0 Å². The van der Waals surface area contributed by atoms with Gasteiger partial charge in [-0.1, -0.05) is 112 Å². The van der Waals surface area contributed by atoms with Gasteiger partial charge in [0.25, 0.3) is 0 Å². The number of esters is 1. The molecule has 0 bridgehead atoms. The van der Waals surface area contributed by atoms with Crippen LogP contribution in [0.25, 0.3) is 0 Å². The number of carbonyl (C=O) groups excluding carboxylic acids is 1. The van der Waals surface area contributed by atoms with Crippen LogP contribution in [-0.2, 0) is 57.5 Å². The van der Waals surface area contributed by atoms with Crippen LogP contribution in [0.15, 0.2) is 103 Å². The molecule has 1 aliphatic rings. The lowest BCUT2D eigenvalue weighted by molar-refractivity contribution is -0.180. The Hall–Kier alpha value is -3.31. The maximum absolute atomic E-state index is 13.5. The first kappa shape index (κ1) is 35.5. The second kappa shape index (κ2) is 17.0. The molecule has 248 valence electrons. The lowest BCUT2D eigenvalue weighted by atomic mass is 10.1. The molecule has 0 aliphatic carbocycles. The van der Waals surface area contributed by atoms with Gasteiger partial charge in [0, 0.05) is 7.11 Å². The average molecular weight is 649 g/mol. The summed E-state index contributed by atoms with van der Waals surface area (Å²) in [7, 11) is -0.659. The Bertz CT molecular complexity index is 1360. The molecule has 1 fully saturated rings. The van der Waals surface area contributed by atoms with Crippen molar-refractivity contribution in [3.63, 3.8) is 0 Å². The third-order valence-corrected chi connectivity index (χ3v) is 12.7. The quantitative estimate of drug-likeness (QED) is 0.0917. The molecule has 0 aromatic heterocycles. The van der Waals surface area contributed by atoms with E-state index in [9.17, 15) is 4.79 Å². The van der Waals surface area contributed by atoms with Crippen LogP contribution in [0.1, 0.15) is 37.5 Å². The summed E-state index contributed by atoms with van der Waals surface area (Å²) >= 11 is 0. The maximum atomic E-state index is 13.5. The number of ether oxygens (including phenoxy) is 6. The lowest BCUT2D eigenvalue weighted by Gasteiger charge is -2.37. The third-order valence-electron chi connectivity index (χ3n) is 8.29. The Labute approximate surface area is 274 Å². The fraction of sp³-hybridized carbons (Fsp3) is 0.432. The zero-order chi connectivity index (χ0) is 33.0. The molecular weight excluding hydrogens is 600 g/mol. The molecule has 1 heterocycles. The van der Waals surface area contributed by atoms with Gasteiger partial charge in [-0.2, -0.15) is 0 Å². The molecule has 4 atom stereocenters. The topological polar surface area (TPSA) is 81.7 Å². The predicted octanol–water partition coefficient (Wildman–Crippen LogP) is 7.19. The zero-order valence-electron chi connectivity index (χ0n) is 27.8. The highest BCUT2D eigenvalue weighted by Gasteiger charge is 2.51. The van der Waals surface area contributed by atoms with Crippen molar-refractivity contribution < 1.29 is 37.6 Å². The van der Waals surface area contributed by atoms with Crippen molar-refractivity contribution in [3.05, 3.63) is 120 Å². The Morgan fingerprint density at radius 2 is 1.28 bits per heavy atom. The lowest BCUT2D eigenvalue weighted by Crippen LogP contribution is -2.41. The van der Waals surface area contributed by atoms with Gasteiger partial charge in [0.2, 0.25) is 8.32 Å². The third kappa shape index (κ3) is 10.4. The van der Waals surface area contributed by atoms with Crippen LogP contribution in [0.5, 0.6) is 0 Å². The minimum atomic E-state index is -2.18. The van der Waals surface area contributed by atoms with Crippen molar-refractivity contribution in [2.45, 2.75) is 83.3 Å². The summed E-state index contributed by atoms with van der Waals surface area (Å²) < 4.78 is 42.5. The van der Waals surface area contributed by atoms with Crippen LogP contribution >= 0.6 is 0 Å². The highest BCUT2D eigenvalue weighted by atomic mass is 28.4. The van der Waals surface area contributed by atoms with E-state index in [1.807, 2.05) is 91.0 Å². The van der Waals surface area contributed by atoms with Crippen molar-refractivity contribution >= 4 is 14.3 Å². The summed E-state index contributed by atoms with van der Waals surface area (Å²) in [5.41, 5.74) is 3.01. The molecule has 4 rings (SSSR count). The van der Waals surface area contributed by atoms with Crippen LogP contribution in [0.2, 0.25) is 18.1 Å². The van der Waals surface area contributed by atoms with Crippen LogP contribution in [0, 0.1) is 0 Å². The van der Waals surface area contributed by atoms with Crippen molar-refractivity contribution in [1.82, 2.24) is 0 Å². The Morgan fingerprint density at radius 1 is 0.783 bits per heavy atom. The van der Waals surface area contributed by atoms with Crippen LogP contribution in [0.3, 0.4) is 0 Å². The number of methoxy groups -OCH3 is 1. The molecule has 8 nitrogen and oxygen atoms in total. The van der Waals surface area contributed by atoms with E-state index in [-0.39, 0.29) is 24.9 Å². The van der Waals surface area contributed by atoms with Crippen molar-refractivity contribution in [2.75, 3.05) is 20.3 Å². The van der Waals surface area contributed by atoms with Crippen LogP contribution in [0.4, 0.5) is 0 Å². The summed E-state index contributed by atoms with van der Waals surface area (Å²) in [5, 5.41) is -0.0207. The van der Waals surface area contributed by atoms with E-state index in [1.165, 1.54) is 7.11 Å². The molecule has 0 N–H and O–H groups in total. The molecule has 3 aromatic carbocycles. The molecule has 3 aromatic rings. The fourth-order valence-corrected chi connectivity index (χ4v) is 5.75. The highest BCUT2D eigenvalue weighted by Crippen LogP contribution is 2.38. The zero-order valence-corrected chi connectivity index (χ0v) is 28.8. The average Bonchev–Trinajstić information content (AvgIpc) is 3.41. The molecular formula is C37H48O8Si. The first-order valence-corrected chi connectivity index (χ1v) is 18.6. The largest absolute Gasteiger partial charge is 0.545 e. The highest BCUT2D eigenvalue weighted by molar-refractivity contribution is 6.74. The van der Waals surface area contributed by atoms with Gasteiger partial charge in [-0.3, -0.25) is 0 Å². The number of carbonyl (C=O) groups is 1. The molecule has 1 saturated heterocycles.